The fraction of sp³-hybridized carbons (Fsp3) is 0.611. The van der Waals surface area contributed by atoms with Crippen molar-refractivity contribution in [3.8, 4) is 0 Å². The van der Waals surface area contributed by atoms with Crippen LogP contribution in [0.25, 0.3) is 0 Å². The summed E-state index contributed by atoms with van der Waals surface area (Å²) >= 11 is 0. The molecule has 0 saturated carbocycles. The van der Waals surface area contributed by atoms with Crippen LogP contribution in [0.2, 0.25) is 0 Å². The molecule has 0 spiro atoms. The minimum atomic E-state index is 0.00371. The molecule has 2 unspecified atom stereocenters. The van der Waals surface area contributed by atoms with Crippen molar-refractivity contribution >= 4 is 5.96 Å². The summed E-state index contributed by atoms with van der Waals surface area (Å²) in [5, 5.41) is 6.85. The lowest BCUT2D eigenvalue weighted by atomic mass is 9.89. The van der Waals surface area contributed by atoms with Crippen LogP contribution >= 0.6 is 0 Å². The fourth-order valence-corrected chi connectivity index (χ4v) is 2.83. The number of aliphatic imine (C=N–C) groups is 1. The molecule has 122 valence electrons. The second-order valence-corrected chi connectivity index (χ2v) is 6.93. The Morgan fingerprint density at radius 2 is 2.00 bits per heavy atom. The van der Waals surface area contributed by atoms with Gasteiger partial charge in [-0.2, -0.15) is 0 Å². The Morgan fingerprint density at radius 1 is 1.27 bits per heavy atom. The SMILES string of the molecule is CN=C(NCC1CCCOC1c1ccccc1)NC(C)(C)C. The smallest absolute Gasteiger partial charge is 0.191 e. The van der Waals surface area contributed by atoms with Crippen LogP contribution in [0.3, 0.4) is 0 Å². The first-order valence-electron chi connectivity index (χ1n) is 8.15. The molecule has 1 aliphatic rings. The molecule has 0 bridgehead atoms. The Balaban J connectivity index is 1.97. The molecule has 22 heavy (non-hydrogen) atoms. The van der Waals surface area contributed by atoms with Gasteiger partial charge in [0.25, 0.3) is 0 Å². The summed E-state index contributed by atoms with van der Waals surface area (Å²) in [6.07, 6.45) is 2.48. The van der Waals surface area contributed by atoms with E-state index in [4.69, 9.17) is 4.74 Å². The Bertz CT molecular complexity index is 479. The van der Waals surface area contributed by atoms with E-state index < -0.39 is 0 Å². The molecule has 1 heterocycles. The van der Waals surface area contributed by atoms with Crippen LogP contribution in [0.1, 0.15) is 45.3 Å². The molecule has 2 atom stereocenters. The van der Waals surface area contributed by atoms with Crippen molar-refractivity contribution in [2.75, 3.05) is 20.2 Å². The molecule has 1 fully saturated rings. The van der Waals surface area contributed by atoms with Gasteiger partial charge < -0.3 is 15.4 Å². The van der Waals surface area contributed by atoms with E-state index in [-0.39, 0.29) is 11.6 Å². The molecule has 0 aliphatic carbocycles. The predicted molar refractivity (Wildman–Crippen MR) is 92.1 cm³/mol. The van der Waals surface area contributed by atoms with Gasteiger partial charge in [-0.25, -0.2) is 0 Å². The fourth-order valence-electron chi connectivity index (χ4n) is 2.83. The standard InChI is InChI=1S/C18H29N3O/c1-18(2,3)21-17(19-4)20-13-15-11-8-12-22-16(15)14-9-6-5-7-10-14/h5-7,9-10,15-16H,8,11-13H2,1-4H3,(H2,19,20,21). The Kier molecular flexibility index (Phi) is 5.83. The maximum Gasteiger partial charge on any atom is 0.191 e. The van der Waals surface area contributed by atoms with Gasteiger partial charge in [0, 0.05) is 31.7 Å². The van der Waals surface area contributed by atoms with Crippen molar-refractivity contribution in [2.24, 2.45) is 10.9 Å². The lowest BCUT2D eigenvalue weighted by Gasteiger charge is -2.33. The van der Waals surface area contributed by atoms with E-state index in [1.807, 2.05) is 7.05 Å². The van der Waals surface area contributed by atoms with Crippen LogP contribution in [0, 0.1) is 5.92 Å². The first-order chi connectivity index (χ1) is 10.5. The monoisotopic (exact) mass is 303 g/mol. The number of nitrogens with one attached hydrogen (secondary N) is 2. The minimum Gasteiger partial charge on any atom is -0.373 e. The number of ether oxygens (including phenoxy) is 1. The van der Waals surface area contributed by atoms with E-state index >= 15 is 0 Å². The number of guanidine groups is 1. The van der Waals surface area contributed by atoms with Gasteiger partial charge in [0.15, 0.2) is 5.96 Å². The highest BCUT2D eigenvalue weighted by molar-refractivity contribution is 5.80. The zero-order valence-corrected chi connectivity index (χ0v) is 14.2. The quantitative estimate of drug-likeness (QED) is 0.666. The molecule has 1 aromatic rings. The zero-order chi connectivity index (χ0) is 16.0. The first-order valence-corrected chi connectivity index (χ1v) is 8.15. The minimum absolute atomic E-state index is 0.00371. The van der Waals surface area contributed by atoms with Crippen molar-refractivity contribution in [1.29, 1.82) is 0 Å². The molecule has 1 saturated heterocycles. The summed E-state index contributed by atoms with van der Waals surface area (Å²) in [6.45, 7) is 8.13. The summed E-state index contributed by atoms with van der Waals surface area (Å²) in [5.41, 5.74) is 1.27. The van der Waals surface area contributed by atoms with Gasteiger partial charge >= 0.3 is 0 Å². The summed E-state index contributed by atoms with van der Waals surface area (Å²) < 4.78 is 6.04. The maximum atomic E-state index is 6.04. The predicted octanol–water partition coefficient (Wildman–Crippen LogP) is 3.12. The maximum absolute atomic E-state index is 6.04. The summed E-state index contributed by atoms with van der Waals surface area (Å²) in [6, 6.07) is 10.5. The van der Waals surface area contributed by atoms with E-state index in [2.05, 4.69) is 66.7 Å². The molecule has 0 amide bonds. The highest BCUT2D eigenvalue weighted by Crippen LogP contribution is 2.32. The average molecular weight is 303 g/mol. The van der Waals surface area contributed by atoms with Gasteiger partial charge in [0.2, 0.25) is 0 Å². The molecule has 2 N–H and O–H groups in total. The Morgan fingerprint density at radius 3 is 2.64 bits per heavy atom. The number of rotatable bonds is 3. The van der Waals surface area contributed by atoms with Crippen molar-refractivity contribution in [2.45, 2.75) is 45.3 Å². The van der Waals surface area contributed by atoms with Crippen LogP contribution in [0.5, 0.6) is 0 Å². The summed E-state index contributed by atoms with van der Waals surface area (Å²) in [4.78, 5) is 4.31. The number of benzene rings is 1. The normalized spacial score (nSPS) is 23.2. The van der Waals surface area contributed by atoms with E-state index in [0.29, 0.717) is 5.92 Å². The third-order valence-corrected chi connectivity index (χ3v) is 3.82. The van der Waals surface area contributed by atoms with Gasteiger partial charge in [-0.15, -0.1) is 0 Å². The molecule has 4 heteroatoms. The lowest BCUT2D eigenvalue weighted by molar-refractivity contribution is -0.0265. The van der Waals surface area contributed by atoms with Crippen molar-refractivity contribution in [3.05, 3.63) is 35.9 Å². The molecular weight excluding hydrogens is 274 g/mol. The molecular formula is C18H29N3O. The van der Waals surface area contributed by atoms with Gasteiger partial charge in [0.1, 0.15) is 0 Å². The summed E-state index contributed by atoms with van der Waals surface area (Å²) in [5.74, 6) is 1.32. The highest BCUT2D eigenvalue weighted by atomic mass is 16.5. The average Bonchev–Trinajstić information content (AvgIpc) is 2.51. The van der Waals surface area contributed by atoms with Crippen LogP contribution in [0.4, 0.5) is 0 Å². The van der Waals surface area contributed by atoms with Gasteiger partial charge in [-0.05, 0) is 39.2 Å². The van der Waals surface area contributed by atoms with Crippen molar-refractivity contribution < 1.29 is 4.74 Å². The van der Waals surface area contributed by atoms with Gasteiger partial charge in [-0.1, -0.05) is 30.3 Å². The Hall–Kier alpha value is -1.55. The zero-order valence-electron chi connectivity index (χ0n) is 14.2. The van der Waals surface area contributed by atoms with Gasteiger partial charge in [0.05, 0.1) is 6.10 Å². The number of hydrogen-bond donors (Lipinski definition) is 2. The van der Waals surface area contributed by atoms with Crippen LogP contribution in [-0.4, -0.2) is 31.7 Å². The van der Waals surface area contributed by atoms with Gasteiger partial charge in [-0.3, -0.25) is 4.99 Å². The largest absolute Gasteiger partial charge is 0.373 e. The van der Waals surface area contributed by atoms with E-state index in [1.165, 1.54) is 12.0 Å². The molecule has 4 nitrogen and oxygen atoms in total. The Labute approximate surface area is 134 Å². The summed E-state index contributed by atoms with van der Waals surface area (Å²) in [7, 11) is 1.81. The second-order valence-electron chi connectivity index (χ2n) is 6.93. The second kappa shape index (κ2) is 7.63. The van der Waals surface area contributed by atoms with Crippen molar-refractivity contribution in [1.82, 2.24) is 10.6 Å². The van der Waals surface area contributed by atoms with E-state index in [1.54, 1.807) is 0 Å². The van der Waals surface area contributed by atoms with Crippen molar-refractivity contribution in [3.63, 3.8) is 0 Å². The molecule has 0 radical (unpaired) electrons. The third-order valence-electron chi connectivity index (χ3n) is 3.82. The topological polar surface area (TPSA) is 45.7 Å². The van der Waals surface area contributed by atoms with Crippen LogP contribution in [0.15, 0.2) is 35.3 Å². The number of hydrogen-bond acceptors (Lipinski definition) is 2. The highest BCUT2D eigenvalue weighted by Gasteiger charge is 2.27. The molecule has 2 rings (SSSR count). The first kappa shape index (κ1) is 16.8. The molecule has 0 aromatic heterocycles. The molecule has 1 aliphatic heterocycles. The van der Waals surface area contributed by atoms with Crippen LogP contribution in [-0.2, 0) is 4.74 Å². The number of nitrogens with zero attached hydrogens (tertiary/aromatic N) is 1. The lowest BCUT2D eigenvalue weighted by Crippen LogP contribution is -2.49. The molecule has 1 aromatic carbocycles. The van der Waals surface area contributed by atoms with Crippen LogP contribution < -0.4 is 10.6 Å². The third kappa shape index (κ3) is 5.02. The van der Waals surface area contributed by atoms with E-state index in [0.717, 1.165) is 25.5 Å². The van der Waals surface area contributed by atoms with E-state index in [9.17, 15) is 0 Å².